The maximum atomic E-state index is 5.90. The molecule has 0 unspecified atom stereocenters. The Hall–Kier alpha value is -0.750. The Morgan fingerprint density at radius 3 is 1.77 bits per heavy atom. The minimum Gasteiger partial charge on any atom is -0.263 e. The van der Waals surface area contributed by atoms with Crippen LogP contribution in [0.3, 0.4) is 0 Å². The predicted molar refractivity (Wildman–Crippen MR) is 102 cm³/mol. The first-order valence-electron chi connectivity index (χ1n) is 6.17. The summed E-state index contributed by atoms with van der Waals surface area (Å²) in [5.74, 6) is 0. The average molecular weight is 505 g/mol. The van der Waals surface area contributed by atoms with Gasteiger partial charge in [0, 0.05) is 48.8 Å². The Bertz CT molecular complexity index is 705. The second-order valence-electron chi connectivity index (χ2n) is 4.22. The molecular weight excluding hydrogens is 495 g/mol. The lowest BCUT2D eigenvalue weighted by atomic mass is 10.1. The zero-order chi connectivity index (χ0) is 15.9. The number of pyridine rings is 2. The van der Waals surface area contributed by atoms with Gasteiger partial charge in [-0.2, -0.15) is 0 Å². The highest BCUT2D eigenvalue weighted by atomic mass is 79.9. The fraction of sp³-hybridized carbons (Fsp3) is 0. The largest absolute Gasteiger partial charge is 0.263 e. The van der Waals surface area contributed by atoms with E-state index in [1.54, 1.807) is 18.6 Å². The van der Waals surface area contributed by atoms with Gasteiger partial charge in [-0.15, -0.1) is 0 Å². The molecule has 3 rings (SSSR count). The molecule has 6 heteroatoms. The molecule has 0 N–H and O–H groups in total. The van der Waals surface area contributed by atoms with Crippen molar-refractivity contribution in [1.29, 1.82) is 0 Å². The van der Waals surface area contributed by atoms with E-state index >= 15 is 0 Å². The van der Waals surface area contributed by atoms with Crippen LogP contribution in [-0.4, -0.2) is 9.97 Å². The fourth-order valence-corrected chi connectivity index (χ4v) is 3.22. The van der Waals surface area contributed by atoms with E-state index in [1.165, 1.54) is 0 Å². The van der Waals surface area contributed by atoms with Gasteiger partial charge in [-0.25, -0.2) is 0 Å². The molecule has 0 bridgehead atoms. The van der Waals surface area contributed by atoms with Gasteiger partial charge in [-0.3, -0.25) is 9.97 Å². The molecule has 0 aliphatic heterocycles. The van der Waals surface area contributed by atoms with E-state index in [2.05, 4.69) is 57.8 Å². The molecule has 0 radical (unpaired) electrons. The molecular formula is C16H10Br3ClN2. The maximum Gasteiger partial charge on any atom is 0.0412 e. The Morgan fingerprint density at radius 1 is 0.682 bits per heavy atom. The van der Waals surface area contributed by atoms with Gasteiger partial charge in [0.1, 0.15) is 0 Å². The molecule has 2 aromatic heterocycles. The van der Waals surface area contributed by atoms with Gasteiger partial charge in [0.15, 0.2) is 0 Å². The summed E-state index contributed by atoms with van der Waals surface area (Å²) in [6.45, 7) is 0. The van der Waals surface area contributed by atoms with Crippen LogP contribution in [0.4, 0.5) is 0 Å². The Morgan fingerprint density at radius 2 is 1.27 bits per heavy atom. The molecule has 22 heavy (non-hydrogen) atoms. The van der Waals surface area contributed by atoms with E-state index in [1.807, 2.05) is 42.6 Å². The lowest BCUT2D eigenvalue weighted by Gasteiger charge is -2.01. The van der Waals surface area contributed by atoms with Crippen LogP contribution in [0.15, 0.2) is 74.6 Å². The molecule has 0 spiro atoms. The number of aromatic nitrogens is 2. The van der Waals surface area contributed by atoms with Gasteiger partial charge in [-0.05, 0) is 77.6 Å². The van der Waals surface area contributed by atoms with E-state index < -0.39 is 0 Å². The Labute approximate surface area is 159 Å². The van der Waals surface area contributed by atoms with Crippen LogP contribution in [-0.2, 0) is 0 Å². The monoisotopic (exact) mass is 502 g/mol. The van der Waals surface area contributed by atoms with E-state index in [0.29, 0.717) is 0 Å². The van der Waals surface area contributed by atoms with Crippen molar-refractivity contribution in [3.8, 4) is 11.1 Å². The molecule has 0 fully saturated rings. The second kappa shape index (κ2) is 8.77. The summed E-state index contributed by atoms with van der Waals surface area (Å²) in [6, 6.07) is 11.7. The number of hydrogen-bond acceptors (Lipinski definition) is 2. The molecule has 0 saturated carbocycles. The molecule has 112 valence electrons. The molecule has 0 aliphatic rings. The van der Waals surface area contributed by atoms with Gasteiger partial charge >= 0.3 is 0 Å². The molecule has 2 nitrogen and oxygen atoms in total. The fourth-order valence-electron chi connectivity index (χ4n) is 1.62. The van der Waals surface area contributed by atoms with Crippen molar-refractivity contribution in [3.63, 3.8) is 0 Å². The van der Waals surface area contributed by atoms with Crippen LogP contribution in [0.1, 0.15) is 0 Å². The first-order valence-corrected chi connectivity index (χ1v) is 8.93. The van der Waals surface area contributed by atoms with E-state index in [-0.39, 0.29) is 0 Å². The minimum atomic E-state index is 0.738. The summed E-state index contributed by atoms with van der Waals surface area (Å²) in [5, 5.41) is 0.738. The van der Waals surface area contributed by atoms with Gasteiger partial charge in [0.2, 0.25) is 0 Å². The SMILES string of the molecule is Brc1cncc(Br)c1.Clc1cccc(-c2cncc(Br)c2)c1. The highest BCUT2D eigenvalue weighted by Gasteiger charge is 1.99. The van der Waals surface area contributed by atoms with Crippen molar-refractivity contribution in [3.05, 3.63) is 79.6 Å². The summed E-state index contributed by atoms with van der Waals surface area (Å²) >= 11 is 15.8. The van der Waals surface area contributed by atoms with Crippen LogP contribution < -0.4 is 0 Å². The summed E-state index contributed by atoms with van der Waals surface area (Å²) in [5.41, 5.74) is 2.13. The summed E-state index contributed by atoms with van der Waals surface area (Å²) in [6.07, 6.45) is 7.06. The van der Waals surface area contributed by atoms with Gasteiger partial charge in [0.05, 0.1) is 0 Å². The molecule has 0 atom stereocenters. The molecule has 2 heterocycles. The molecule has 0 saturated heterocycles. The van der Waals surface area contributed by atoms with Crippen LogP contribution in [0, 0.1) is 0 Å². The smallest absolute Gasteiger partial charge is 0.0412 e. The summed E-state index contributed by atoms with van der Waals surface area (Å²) in [4.78, 5) is 7.99. The zero-order valence-corrected chi connectivity index (χ0v) is 16.7. The van der Waals surface area contributed by atoms with Gasteiger partial charge in [-0.1, -0.05) is 23.7 Å². The first-order chi connectivity index (χ1) is 10.5. The van der Waals surface area contributed by atoms with Gasteiger partial charge < -0.3 is 0 Å². The van der Waals surface area contributed by atoms with Crippen molar-refractivity contribution in [2.75, 3.05) is 0 Å². The third kappa shape index (κ3) is 5.80. The van der Waals surface area contributed by atoms with Crippen molar-refractivity contribution >= 4 is 59.4 Å². The number of benzene rings is 1. The minimum absolute atomic E-state index is 0.738. The molecule has 0 aliphatic carbocycles. The van der Waals surface area contributed by atoms with E-state index in [4.69, 9.17) is 11.6 Å². The van der Waals surface area contributed by atoms with Crippen molar-refractivity contribution in [1.82, 2.24) is 9.97 Å². The number of halogens is 4. The Kier molecular flexibility index (Phi) is 7.02. The van der Waals surface area contributed by atoms with Crippen molar-refractivity contribution in [2.45, 2.75) is 0 Å². The lowest BCUT2D eigenvalue weighted by molar-refractivity contribution is 1.29. The van der Waals surface area contributed by atoms with Crippen molar-refractivity contribution < 1.29 is 0 Å². The lowest BCUT2D eigenvalue weighted by Crippen LogP contribution is -1.79. The van der Waals surface area contributed by atoms with Crippen LogP contribution in [0.25, 0.3) is 11.1 Å². The van der Waals surface area contributed by atoms with Crippen LogP contribution in [0.5, 0.6) is 0 Å². The highest BCUT2D eigenvalue weighted by Crippen LogP contribution is 2.24. The maximum absolute atomic E-state index is 5.90. The Balaban J connectivity index is 0.000000188. The molecule has 0 amide bonds. The third-order valence-electron chi connectivity index (χ3n) is 2.53. The summed E-state index contributed by atoms with van der Waals surface area (Å²) in [7, 11) is 0. The topological polar surface area (TPSA) is 25.8 Å². The van der Waals surface area contributed by atoms with Crippen LogP contribution in [0.2, 0.25) is 5.02 Å². The average Bonchev–Trinajstić information content (AvgIpc) is 2.48. The standard InChI is InChI=1S/C11H7BrClN.C5H3Br2N/c12-10-4-9(6-14-7-10)8-2-1-3-11(13)5-8;6-4-1-5(7)3-8-2-4/h1-7H;1-3H. The van der Waals surface area contributed by atoms with E-state index in [0.717, 1.165) is 29.6 Å². The molecule has 1 aromatic carbocycles. The van der Waals surface area contributed by atoms with Crippen LogP contribution >= 0.6 is 59.4 Å². The number of hydrogen-bond donors (Lipinski definition) is 0. The third-order valence-corrected chi connectivity index (χ3v) is 4.07. The van der Waals surface area contributed by atoms with E-state index in [9.17, 15) is 0 Å². The highest BCUT2D eigenvalue weighted by molar-refractivity contribution is 9.11. The molecule has 3 aromatic rings. The van der Waals surface area contributed by atoms with Crippen molar-refractivity contribution in [2.24, 2.45) is 0 Å². The normalized spacial score (nSPS) is 9.82. The quantitative estimate of drug-likeness (QED) is 0.365. The first kappa shape index (κ1) is 17.6. The zero-order valence-electron chi connectivity index (χ0n) is 11.2. The number of rotatable bonds is 1. The summed E-state index contributed by atoms with van der Waals surface area (Å²) < 4.78 is 2.95. The predicted octanol–water partition coefficient (Wildman–Crippen LogP) is 6.77. The second-order valence-corrected chi connectivity index (χ2v) is 7.41. The van der Waals surface area contributed by atoms with Gasteiger partial charge in [0.25, 0.3) is 0 Å². The number of nitrogens with zero attached hydrogens (tertiary/aromatic N) is 2.